The predicted octanol–water partition coefficient (Wildman–Crippen LogP) is 5.22. The van der Waals surface area contributed by atoms with Crippen molar-refractivity contribution in [1.82, 2.24) is 0 Å². The summed E-state index contributed by atoms with van der Waals surface area (Å²) in [5, 5.41) is 0. The zero-order valence-electron chi connectivity index (χ0n) is 11.2. The van der Waals surface area contributed by atoms with Crippen LogP contribution in [0.15, 0.2) is 0 Å². The van der Waals surface area contributed by atoms with Crippen LogP contribution in [0, 0.1) is 0 Å². The van der Waals surface area contributed by atoms with Gasteiger partial charge in [-0.1, -0.05) is 77.1 Å². The van der Waals surface area contributed by atoms with Gasteiger partial charge in [0.2, 0.25) is 0 Å². The molecule has 0 amide bonds. The second-order valence-corrected chi connectivity index (χ2v) is 17.1. The number of hydrogen-bond acceptors (Lipinski definition) is 0. The molecule has 2 heteroatoms. The highest BCUT2D eigenvalue weighted by atomic mass is 28.3. The van der Waals surface area contributed by atoms with Crippen molar-refractivity contribution in [2.24, 2.45) is 0 Å². The predicted molar refractivity (Wildman–Crippen MR) is 74.8 cm³/mol. The fourth-order valence-electron chi connectivity index (χ4n) is 2.02. The van der Waals surface area contributed by atoms with Crippen LogP contribution in [0.25, 0.3) is 0 Å². The molecule has 14 heavy (non-hydrogen) atoms. The van der Waals surface area contributed by atoms with Crippen LogP contribution in [-0.2, 0) is 0 Å². The molecule has 0 bridgehead atoms. The molecule has 0 saturated carbocycles. The molecule has 0 saturated heterocycles. The van der Waals surface area contributed by atoms with E-state index in [4.69, 9.17) is 0 Å². The van der Waals surface area contributed by atoms with Crippen LogP contribution < -0.4 is 0 Å². The quantitative estimate of drug-likeness (QED) is 0.526. The zero-order valence-corrected chi connectivity index (χ0v) is 13.2. The Morgan fingerprint density at radius 2 is 1.21 bits per heavy atom. The lowest BCUT2D eigenvalue weighted by molar-refractivity contribution is 0.962. The summed E-state index contributed by atoms with van der Waals surface area (Å²) < 4.78 is 0. The summed E-state index contributed by atoms with van der Waals surface area (Å²) in [6.45, 7) is 14.9. The molecule has 0 aliphatic rings. The van der Waals surface area contributed by atoms with Crippen LogP contribution in [0.4, 0.5) is 0 Å². The van der Waals surface area contributed by atoms with E-state index in [9.17, 15) is 0 Å². The zero-order chi connectivity index (χ0) is 11.2. The van der Waals surface area contributed by atoms with E-state index in [1.54, 1.807) is 12.1 Å². The summed E-state index contributed by atoms with van der Waals surface area (Å²) in [5.41, 5.74) is 0. The maximum absolute atomic E-state index is 2.57. The van der Waals surface area contributed by atoms with Crippen LogP contribution in [0.5, 0.6) is 0 Å². The molecule has 0 unspecified atom stereocenters. The fourth-order valence-corrected chi connectivity index (χ4v) is 6.60. The first kappa shape index (κ1) is 14.4. The van der Waals surface area contributed by atoms with Crippen molar-refractivity contribution in [3.05, 3.63) is 0 Å². The molecule has 0 N–H and O–H groups in total. The van der Waals surface area contributed by atoms with E-state index >= 15 is 0 Å². The summed E-state index contributed by atoms with van der Waals surface area (Å²) in [5.74, 6) is 0. The van der Waals surface area contributed by atoms with Gasteiger partial charge in [-0.15, -0.1) is 0 Å². The monoisotopic (exact) mass is 230 g/mol. The summed E-state index contributed by atoms with van der Waals surface area (Å²) in [4.78, 5) is 0. The third kappa shape index (κ3) is 6.82. The summed E-state index contributed by atoms with van der Waals surface area (Å²) in [6, 6.07) is 6.12. The van der Waals surface area contributed by atoms with Gasteiger partial charge in [0.05, 0.1) is 0 Å². The second kappa shape index (κ2) is 6.11. The number of rotatable bonds is 7. The van der Waals surface area contributed by atoms with E-state index in [1.165, 1.54) is 24.9 Å². The van der Waals surface area contributed by atoms with Crippen LogP contribution >= 0.6 is 0 Å². The summed E-state index contributed by atoms with van der Waals surface area (Å²) in [6.07, 6.45) is 2.92. The minimum atomic E-state index is -0.794. The molecule has 0 aliphatic carbocycles. The Balaban J connectivity index is 3.73. The molecule has 0 aromatic carbocycles. The van der Waals surface area contributed by atoms with E-state index in [0.29, 0.717) is 0 Å². The van der Waals surface area contributed by atoms with Crippen molar-refractivity contribution in [2.45, 2.75) is 77.1 Å². The van der Waals surface area contributed by atoms with Gasteiger partial charge in [-0.05, 0) is 0 Å². The number of hydrogen-bond donors (Lipinski definition) is 0. The van der Waals surface area contributed by atoms with Gasteiger partial charge in [0.25, 0.3) is 0 Å². The molecule has 0 spiro atoms. The summed E-state index contributed by atoms with van der Waals surface area (Å²) in [7, 11) is -1.57. The first-order valence-corrected chi connectivity index (χ1v) is 13.2. The van der Waals surface area contributed by atoms with Crippen molar-refractivity contribution in [3.63, 3.8) is 0 Å². The molecule has 0 nitrogen and oxygen atoms in total. The van der Waals surface area contributed by atoms with E-state index in [0.717, 1.165) is 0 Å². The molecule has 0 aromatic rings. The van der Waals surface area contributed by atoms with Gasteiger partial charge < -0.3 is 0 Å². The van der Waals surface area contributed by atoms with Crippen molar-refractivity contribution in [3.8, 4) is 0 Å². The average molecular weight is 231 g/mol. The Hall–Kier alpha value is 0.434. The minimum absolute atomic E-state index is 0.778. The van der Waals surface area contributed by atoms with Crippen molar-refractivity contribution in [2.75, 3.05) is 0 Å². The van der Waals surface area contributed by atoms with Gasteiger partial charge in [0, 0.05) is 16.1 Å². The molecule has 0 radical (unpaired) electrons. The summed E-state index contributed by atoms with van der Waals surface area (Å²) >= 11 is 0. The lowest BCUT2D eigenvalue weighted by atomic mass is 10.6. The van der Waals surface area contributed by atoms with E-state index in [-0.39, 0.29) is 0 Å². The van der Waals surface area contributed by atoms with E-state index in [2.05, 4.69) is 40.0 Å². The van der Waals surface area contributed by atoms with Crippen molar-refractivity contribution < 1.29 is 0 Å². The van der Waals surface area contributed by atoms with Crippen molar-refractivity contribution >= 4 is 16.1 Å². The smallest absolute Gasteiger partial charge is 0.0473 e. The van der Waals surface area contributed by atoms with Gasteiger partial charge in [-0.25, -0.2) is 0 Å². The van der Waals surface area contributed by atoms with Gasteiger partial charge in [0.15, 0.2) is 0 Å². The van der Waals surface area contributed by atoms with Gasteiger partial charge >= 0.3 is 0 Å². The van der Waals surface area contributed by atoms with Gasteiger partial charge in [-0.2, -0.15) is 0 Å². The molecule has 0 heterocycles. The Morgan fingerprint density at radius 1 is 0.714 bits per heavy atom. The SMILES string of the molecule is CCC[Si](C)(C)CCC[Si](C)(C)CC. The minimum Gasteiger partial charge on any atom is -0.0694 e. The fraction of sp³-hybridized carbons (Fsp3) is 1.00. The molecule has 86 valence electrons. The third-order valence-corrected chi connectivity index (χ3v) is 10.8. The van der Waals surface area contributed by atoms with Crippen LogP contribution in [0.3, 0.4) is 0 Å². The largest absolute Gasteiger partial charge is 0.0694 e. The van der Waals surface area contributed by atoms with Crippen LogP contribution in [-0.4, -0.2) is 16.1 Å². The highest BCUT2D eigenvalue weighted by Crippen LogP contribution is 2.24. The maximum atomic E-state index is 2.57. The van der Waals surface area contributed by atoms with Crippen molar-refractivity contribution in [1.29, 1.82) is 0 Å². The Morgan fingerprint density at radius 3 is 1.64 bits per heavy atom. The molecular formula is C12H30Si2. The lowest BCUT2D eigenvalue weighted by Gasteiger charge is -2.25. The molecule has 0 atom stereocenters. The Labute approximate surface area is 93.5 Å². The molecule has 0 aromatic heterocycles. The average Bonchev–Trinajstić information content (AvgIpc) is 2.03. The highest BCUT2D eigenvalue weighted by molar-refractivity contribution is 6.78. The first-order valence-electron chi connectivity index (χ1n) is 6.33. The van der Waals surface area contributed by atoms with Gasteiger partial charge in [0.1, 0.15) is 0 Å². The van der Waals surface area contributed by atoms with Crippen LogP contribution in [0.1, 0.15) is 26.7 Å². The molecule has 0 rings (SSSR count). The first-order chi connectivity index (χ1) is 6.33. The van der Waals surface area contributed by atoms with Gasteiger partial charge in [-0.3, -0.25) is 0 Å². The molecule has 0 fully saturated rings. The maximum Gasteiger partial charge on any atom is 0.0473 e. The Bertz CT molecular complexity index is 150. The standard InChI is InChI=1S/C12H30Si2/c1-7-10-14(5,6)12-9-11-13(3,4)8-2/h7-12H2,1-6H3. The third-order valence-electron chi connectivity index (χ3n) is 3.59. The highest BCUT2D eigenvalue weighted by Gasteiger charge is 2.22. The molecular weight excluding hydrogens is 200 g/mol. The van der Waals surface area contributed by atoms with E-state index in [1.807, 2.05) is 0 Å². The lowest BCUT2D eigenvalue weighted by Crippen LogP contribution is -2.27. The normalized spacial score (nSPS) is 13.3. The van der Waals surface area contributed by atoms with E-state index < -0.39 is 16.1 Å². The second-order valence-electron chi connectivity index (χ2n) is 6.29. The van der Waals surface area contributed by atoms with Crippen LogP contribution in [0.2, 0.25) is 50.4 Å². The molecule has 0 aliphatic heterocycles. The Kier molecular flexibility index (Phi) is 6.30. The topological polar surface area (TPSA) is 0 Å².